The molecule has 0 bridgehead atoms. The van der Waals surface area contributed by atoms with E-state index in [2.05, 4.69) is 4.98 Å². The fourth-order valence-corrected chi connectivity index (χ4v) is 2.61. The summed E-state index contributed by atoms with van der Waals surface area (Å²) in [6, 6.07) is 3.69. The van der Waals surface area contributed by atoms with Crippen molar-refractivity contribution in [2.45, 2.75) is 19.8 Å². The number of carbonyl (C=O) groups is 2. The van der Waals surface area contributed by atoms with Gasteiger partial charge in [0.2, 0.25) is 0 Å². The van der Waals surface area contributed by atoms with Gasteiger partial charge in [-0.15, -0.1) is 0 Å². The molecule has 1 aromatic heterocycles. The molecule has 0 spiro atoms. The monoisotopic (exact) mass is 229 g/mol. The maximum absolute atomic E-state index is 11.9. The summed E-state index contributed by atoms with van der Waals surface area (Å²) in [5.41, 5.74) is 3.34. The number of ketones is 1. The smallest absolute Gasteiger partial charge is 0.352 e. The molecular formula is C13H11NO3. The normalized spacial score (nSPS) is 14.3. The Labute approximate surface area is 97.3 Å². The summed E-state index contributed by atoms with van der Waals surface area (Å²) in [5, 5.41) is 9.94. The molecule has 0 radical (unpaired) electrons. The van der Waals surface area contributed by atoms with Crippen LogP contribution in [0.1, 0.15) is 38.4 Å². The first kappa shape index (κ1) is 10.1. The molecule has 17 heavy (non-hydrogen) atoms. The third-order valence-corrected chi connectivity index (χ3v) is 3.37. The van der Waals surface area contributed by atoms with Gasteiger partial charge in [-0.05, 0) is 30.5 Å². The van der Waals surface area contributed by atoms with Gasteiger partial charge in [0, 0.05) is 22.9 Å². The topological polar surface area (TPSA) is 70.2 Å². The van der Waals surface area contributed by atoms with E-state index in [-0.39, 0.29) is 11.5 Å². The number of hydrogen-bond donors (Lipinski definition) is 2. The lowest BCUT2D eigenvalue weighted by Crippen LogP contribution is -2.11. The van der Waals surface area contributed by atoms with Crippen molar-refractivity contribution in [3.63, 3.8) is 0 Å². The Balaban J connectivity index is 2.49. The van der Waals surface area contributed by atoms with Crippen molar-refractivity contribution in [3.05, 3.63) is 34.5 Å². The number of aromatic carboxylic acids is 1. The van der Waals surface area contributed by atoms with Crippen LogP contribution in [0.5, 0.6) is 0 Å². The predicted octanol–water partition coefficient (Wildman–Crippen LogP) is 2.30. The Morgan fingerprint density at radius 1 is 1.35 bits per heavy atom. The zero-order valence-electron chi connectivity index (χ0n) is 9.33. The lowest BCUT2D eigenvalue weighted by molar-refractivity contribution is 0.0689. The number of aromatic nitrogens is 1. The first-order chi connectivity index (χ1) is 8.09. The minimum atomic E-state index is -0.964. The molecule has 2 aromatic rings. The lowest BCUT2D eigenvalue weighted by atomic mass is 9.88. The summed E-state index contributed by atoms with van der Waals surface area (Å²) in [4.78, 5) is 25.9. The SMILES string of the molecule is Cc1ccc2[nH]c(C(=O)O)c3c2c1C(=O)CC3. The van der Waals surface area contributed by atoms with Gasteiger partial charge in [-0.2, -0.15) is 0 Å². The second-order valence-corrected chi connectivity index (χ2v) is 4.39. The van der Waals surface area contributed by atoms with Crippen LogP contribution >= 0.6 is 0 Å². The number of nitrogens with one attached hydrogen (secondary N) is 1. The summed E-state index contributed by atoms with van der Waals surface area (Å²) in [6.07, 6.45) is 0.905. The summed E-state index contributed by atoms with van der Waals surface area (Å²) < 4.78 is 0. The first-order valence-corrected chi connectivity index (χ1v) is 5.50. The number of carbonyl (C=O) groups excluding carboxylic acids is 1. The van der Waals surface area contributed by atoms with E-state index >= 15 is 0 Å². The van der Waals surface area contributed by atoms with Crippen molar-refractivity contribution < 1.29 is 14.7 Å². The van der Waals surface area contributed by atoms with E-state index in [9.17, 15) is 9.59 Å². The van der Waals surface area contributed by atoms with Crippen LogP contribution in [0.25, 0.3) is 10.9 Å². The molecule has 0 atom stereocenters. The molecule has 2 N–H and O–H groups in total. The number of carboxylic acids is 1. The van der Waals surface area contributed by atoms with Crippen LogP contribution in [0, 0.1) is 6.92 Å². The third kappa shape index (κ3) is 1.24. The van der Waals surface area contributed by atoms with Crippen molar-refractivity contribution in [1.29, 1.82) is 0 Å². The highest BCUT2D eigenvalue weighted by molar-refractivity contribution is 6.14. The molecule has 0 saturated heterocycles. The first-order valence-electron chi connectivity index (χ1n) is 5.50. The Bertz CT molecular complexity index is 667. The molecule has 0 saturated carbocycles. The number of H-pyrrole nitrogens is 1. The van der Waals surface area contributed by atoms with Crippen LogP contribution in [0.4, 0.5) is 0 Å². The van der Waals surface area contributed by atoms with Crippen LogP contribution in [0.2, 0.25) is 0 Å². The summed E-state index contributed by atoms with van der Waals surface area (Å²) in [6.45, 7) is 1.88. The highest BCUT2D eigenvalue weighted by atomic mass is 16.4. The van der Waals surface area contributed by atoms with Crippen LogP contribution in [-0.4, -0.2) is 21.8 Å². The second-order valence-electron chi connectivity index (χ2n) is 4.39. The van der Waals surface area contributed by atoms with E-state index in [1.807, 2.05) is 19.1 Å². The number of hydrogen-bond acceptors (Lipinski definition) is 2. The van der Waals surface area contributed by atoms with Crippen molar-refractivity contribution in [2.24, 2.45) is 0 Å². The van der Waals surface area contributed by atoms with Gasteiger partial charge in [-0.1, -0.05) is 6.07 Å². The number of benzene rings is 1. The molecule has 0 aliphatic heterocycles. The van der Waals surface area contributed by atoms with E-state index in [0.717, 1.165) is 22.0 Å². The highest BCUT2D eigenvalue weighted by Gasteiger charge is 2.27. The Morgan fingerprint density at radius 3 is 2.82 bits per heavy atom. The largest absolute Gasteiger partial charge is 0.477 e. The quantitative estimate of drug-likeness (QED) is 0.788. The molecule has 1 aromatic carbocycles. The van der Waals surface area contributed by atoms with Crippen molar-refractivity contribution in [1.82, 2.24) is 4.98 Å². The molecular weight excluding hydrogens is 218 g/mol. The standard InChI is InChI=1S/C13H11NO3/c1-6-2-4-8-11-7(12(14-8)13(16)17)3-5-9(15)10(6)11/h2,4,14H,3,5H2,1H3,(H,16,17). The Morgan fingerprint density at radius 2 is 2.12 bits per heavy atom. The van der Waals surface area contributed by atoms with Crippen LogP contribution in [0.3, 0.4) is 0 Å². The second kappa shape index (κ2) is 3.20. The van der Waals surface area contributed by atoms with Crippen LogP contribution in [-0.2, 0) is 6.42 Å². The van der Waals surface area contributed by atoms with Gasteiger partial charge in [0.15, 0.2) is 5.78 Å². The maximum Gasteiger partial charge on any atom is 0.352 e. The third-order valence-electron chi connectivity index (χ3n) is 3.37. The van der Waals surface area contributed by atoms with Crippen molar-refractivity contribution in [2.75, 3.05) is 0 Å². The molecule has 0 unspecified atom stereocenters. The van der Waals surface area contributed by atoms with Crippen LogP contribution < -0.4 is 0 Å². The minimum absolute atomic E-state index is 0.108. The van der Waals surface area contributed by atoms with Gasteiger partial charge in [0.25, 0.3) is 0 Å². The van der Waals surface area contributed by atoms with Gasteiger partial charge in [0.1, 0.15) is 5.69 Å². The average molecular weight is 229 g/mol. The predicted molar refractivity (Wildman–Crippen MR) is 62.6 cm³/mol. The van der Waals surface area contributed by atoms with E-state index in [1.165, 1.54) is 0 Å². The van der Waals surface area contributed by atoms with Gasteiger partial charge in [0.05, 0.1) is 0 Å². The number of carboxylic acid groups (broad SMARTS) is 1. The fraction of sp³-hybridized carbons (Fsp3) is 0.231. The maximum atomic E-state index is 11.9. The van der Waals surface area contributed by atoms with E-state index in [1.54, 1.807) is 0 Å². The zero-order valence-corrected chi connectivity index (χ0v) is 9.33. The molecule has 0 fully saturated rings. The average Bonchev–Trinajstić information content (AvgIpc) is 2.65. The van der Waals surface area contributed by atoms with Crippen molar-refractivity contribution >= 4 is 22.7 Å². The summed E-state index contributed by atoms with van der Waals surface area (Å²) >= 11 is 0. The fourth-order valence-electron chi connectivity index (χ4n) is 2.61. The molecule has 1 heterocycles. The van der Waals surface area contributed by atoms with Crippen LogP contribution in [0.15, 0.2) is 12.1 Å². The van der Waals surface area contributed by atoms with E-state index < -0.39 is 5.97 Å². The summed E-state index contributed by atoms with van der Waals surface area (Å²) in [7, 11) is 0. The van der Waals surface area contributed by atoms with Gasteiger partial charge in [-0.25, -0.2) is 4.79 Å². The number of rotatable bonds is 1. The number of aryl methyl sites for hydroxylation is 2. The van der Waals surface area contributed by atoms with Gasteiger partial charge >= 0.3 is 5.97 Å². The molecule has 86 valence electrons. The lowest BCUT2D eigenvalue weighted by Gasteiger charge is -2.13. The minimum Gasteiger partial charge on any atom is -0.477 e. The highest BCUT2D eigenvalue weighted by Crippen LogP contribution is 2.34. The summed E-state index contributed by atoms with van der Waals surface area (Å²) in [5.74, 6) is -0.856. The Kier molecular flexibility index (Phi) is 1.90. The molecule has 3 rings (SSSR count). The zero-order chi connectivity index (χ0) is 12.2. The molecule has 1 aliphatic rings. The van der Waals surface area contributed by atoms with Crippen molar-refractivity contribution in [3.8, 4) is 0 Å². The van der Waals surface area contributed by atoms with Gasteiger partial charge < -0.3 is 10.1 Å². The van der Waals surface area contributed by atoms with E-state index in [4.69, 9.17) is 5.11 Å². The number of aromatic amines is 1. The molecule has 4 nitrogen and oxygen atoms in total. The molecule has 1 aliphatic carbocycles. The van der Waals surface area contributed by atoms with Gasteiger partial charge in [-0.3, -0.25) is 4.79 Å². The molecule has 0 amide bonds. The number of Topliss-reactive ketones (excluding diaryl/α,β-unsaturated/α-hetero) is 1. The van der Waals surface area contributed by atoms with E-state index in [0.29, 0.717) is 18.4 Å². The Hall–Kier alpha value is -2.10. The molecule has 4 heteroatoms.